The molecule has 1 aromatic heterocycles. The number of pyridine rings is 1. The fourth-order valence-electron chi connectivity index (χ4n) is 2.54. The van der Waals surface area contributed by atoms with E-state index in [0.29, 0.717) is 29.6 Å². The highest BCUT2D eigenvalue weighted by Gasteiger charge is 2.18. The number of nitrogens with one attached hydrogen (secondary N) is 1. The number of carbonyl (C=O) groups is 1. The molecule has 0 fully saturated rings. The van der Waals surface area contributed by atoms with Crippen molar-refractivity contribution in [3.63, 3.8) is 0 Å². The Morgan fingerprint density at radius 3 is 2.54 bits per heavy atom. The first-order valence-corrected chi connectivity index (χ1v) is 8.80. The van der Waals surface area contributed by atoms with Gasteiger partial charge in [0.05, 0.1) is 18.4 Å². The van der Waals surface area contributed by atoms with E-state index in [0.717, 1.165) is 12.1 Å². The maximum absolute atomic E-state index is 12.9. The number of hydrogen-bond donors (Lipinski definition) is 2. The number of para-hydroxylation sites is 2. The van der Waals surface area contributed by atoms with Crippen LogP contribution in [-0.2, 0) is 0 Å². The number of rotatable bonds is 8. The lowest BCUT2D eigenvalue weighted by Crippen LogP contribution is -2.35. The van der Waals surface area contributed by atoms with Crippen LogP contribution in [-0.4, -0.2) is 42.5 Å². The van der Waals surface area contributed by atoms with Crippen molar-refractivity contribution in [2.45, 2.75) is 26.3 Å². The van der Waals surface area contributed by atoms with Gasteiger partial charge in [0.25, 0.3) is 5.91 Å². The molecular formula is C20H30Cl2N4O2. The smallest absolute Gasteiger partial charge is 0.257 e. The van der Waals surface area contributed by atoms with Gasteiger partial charge in [0.1, 0.15) is 11.6 Å². The lowest BCUT2D eigenvalue weighted by molar-refractivity contribution is 0.0790. The van der Waals surface area contributed by atoms with E-state index in [-0.39, 0.29) is 36.8 Å². The molecule has 0 saturated carbocycles. The standard InChI is InChI=1S/C20H28N4O2.2ClH/c1-14(2)16(21)11-13-24(3)20(25)15-8-7-12-22-19(15)23-17-9-5-6-10-18(17)26-4;;/h5-10,12,14,16H,11,13,21H2,1-4H3,(H,22,23);2*1H. The molecule has 2 aromatic rings. The first kappa shape index (κ1) is 26.0. The number of benzene rings is 1. The molecule has 1 unspecified atom stereocenters. The summed E-state index contributed by atoms with van der Waals surface area (Å²) in [5.74, 6) is 1.49. The minimum atomic E-state index is -0.0912. The first-order chi connectivity index (χ1) is 12.4. The summed E-state index contributed by atoms with van der Waals surface area (Å²) in [4.78, 5) is 18.9. The lowest BCUT2D eigenvalue weighted by atomic mass is 10.0. The minimum Gasteiger partial charge on any atom is -0.495 e. The van der Waals surface area contributed by atoms with Crippen LogP contribution in [0.2, 0.25) is 0 Å². The quantitative estimate of drug-likeness (QED) is 0.660. The molecule has 1 aromatic carbocycles. The number of nitrogens with zero attached hydrogens (tertiary/aromatic N) is 2. The highest BCUT2D eigenvalue weighted by atomic mass is 35.5. The van der Waals surface area contributed by atoms with Crippen LogP contribution in [0.25, 0.3) is 0 Å². The van der Waals surface area contributed by atoms with E-state index in [1.807, 2.05) is 24.3 Å². The molecule has 156 valence electrons. The van der Waals surface area contributed by atoms with E-state index in [9.17, 15) is 4.79 Å². The summed E-state index contributed by atoms with van der Waals surface area (Å²) < 4.78 is 5.35. The highest BCUT2D eigenvalue weighted by molar-refractivity contribution is 5.99. The van der Waals surface area contributed by atoms with E-state index in [4.69, 9.17) is 10.5 Å². The van der Waals surface area contributed by atoms with Crippen molar-refractivity contribution < 1.29 is 9.53 Å². The van der Waals surface area contributed by atoms with Crippen LogP contribution in [0.5, 0.6) is 5.75 Å². The van der Waals surface area contributed by atoms with Crippen molar-refractivity contribution >= 4 is 42.2 Å². The van der Waals surface area contributed by atoms with Crippen LogP contribution >= 0.6 is 24.8 Å². The number of nitrogens with two attached hydrogens (primary N) is 1. The van der Waals surface area contributed by atoms with Gasteiger partial charge in [0, 0.05) is 25.8 Å². The largest absolute Gasteiger partial charge is 0.495 e. The van der Waals surface area contributed by atoms with Gasteiger partial charge >= 0.3 is 0 Å². The Hall–Kier alpha value is -2.02. The van der Waals surface area contributed by atoms with Crippen molar-refractivity contribution in [1.82, 2.24) is 9.88 Å². The van der Waals surface area contributed by atoms with Gasteiger partial charge < -0.3 is 20.7 Å². The summed E-state index contributed by atoms with van der Waals surface area (Å²) in [6.07, 6.45) is 2.42. The molecule has 1 atom stereocenters. The predicted molar refractivity (Wildman–Crippen MR) is 119 cm³/mol. The van der Waals surface area contributed by atoms with E-state index >= 15 is 0 Å². The molecule has 0 aliphatic heterocycles. The molecule has 0 bridgehead atoms. The van der Waals surface area contributed by atoms with Gasteiger partial charge in [0.2, 0.25) is 0 Å². The maximum atomic E-state index is 12.9. The van der Waals surface area contributed by atoms with Gasteiger partial charge in [-0.25, -0.2) is 4.98 Å². The maximum Gasteiger partial charge on any atom is 0.257 e. The molecular weight excluding hydrogens is 399 g/mol. The molecule has 0 spiro atoms. The van der Waals surface area contributed by atoms with Crippen molar-refractivity contribution in [2.24, 2.45) is 11.7 Å². The monoisotopic (exact) mass is 428 g/mol. The fraction of sp³-hybridized carbons (Fsp3) is 0.400. The number of aromatic nitrogens is 1. The Morgan fingerprint density at radius 2 is 1.89 bits per heavy atom. The average molecular weight is 429 g/mol. The SMILES string of the molecule is COc1ccccc1Nc1ncccc1C(=O)N(C)CCC(N)C(C)C.Cl.Cl. The zero-order valence-electron chi connectivity index (χ0n) is 16.7. The molecule has 28 heavy (non-hydrogen) atoms. The highest BCUT2D eigenvalue weighted by Crippen LogP contribution is 2.27. The summed E-state index contributed by atoms with van der Waals surface area (Å²) >= 11 is 0. The number of anilines is 2. The lowest BCUT2D eigenvalue weighted by Gasteiger charge is -2.22. The van der Waals surface area contributed by atoms with Crippen molar-refractivity contribution in [3.05, 3.63) is 48.2 Å². The topological polar surface area (TPSA) is 80.5 Å². The van der Waals surface area contributed by atoms with E-state index in [1.54, 1.807) is 37.4 Å². The molecule has 0 radical (unpaired) electrons. The van der Waals surface area contributed by atoms with E-state index in [2.05, 4.69) is 24.1 Å². The van der Waals surface area contributed by atoms with E-state index < -0.39 is 0 Å². The van der Waals surface area contributed by atoms with Gasteiger partial charge in [-0.15, -0.1) is 24.8 Å². The third-order valence-corrected chi connectivity index (χ3v) is 4.40. The molecule has 0 saturated heterocycles. The zero-order valence-corrected chi connectivity index (χ0v) is 18.3. The summed E-state index contributed by atoms with van der Waals surface area (Å²) in [6, 6.07) is 11.1. The Bertz CT molecular complexity index is 744. The van der Waals surface area contributed by atoms with Crippen molar-refractivity contribution in [1.29, 1.82) is 0 Å². The number of amides is 1. The number of carbonyl (C=O) groups excluding carboxylic acids is 1. The van der Waals surface area contributed by atoms with Crippen LogP contribution in [0, 0.1) is 5.92 Å². The second-order valence-corrected chi connectivity index (χ2v) is 6.65. The van der Waals surface area contributed by atoms with Gasteiger partial charge in [-0.3, -0.25) is 4.79 Å². The molecule has 3 N–H and O–H groups in total. The Kier molecular flexibility index (Phi) is 11.5. The summed E-state index contributed by atoms with van der Waals surface area (Å²) in [7, 11) is 3.39. The van der Waals surface area contributed by atoms with E-state index in [1.165, 1.54) is 0 Å². The molecule has 1 amide bonds. The summed E-state index contributed by atoms with van der Waals surface area (Å²) in [5.41, 5.74) is 7.36. The Morgan fingerprint density at radius 1 is 1.21 bits per heavy atom. The average Bonchev–Trinajstić information content (AvgIpc) is 2.66. The third-order valence-electron chi connectivity index (χ3n) is 4.40. The summed E-state index contributed by atoms with van der Waals surface area (Å²) in [6.45, 7) is 4.77. The Labute approximate surface area is 179 Å². The van der Waals surface area contributed by atoms with Crippen molar-refractivity contribution in [3.8, 4) is 5.75 Å². The molecule has 8 heteroatoms. The second kappa shape index (κ2) is 12.4. The van der Waals surface area contributed by atoms with Gasteiger partial charge in [-0.05, 0) is 36.6 Å². The fourth-order valence-corrected chi connectivity index (χ4v) is 2.54. The number of hydrogen-bond acceptors (Lipinski definition) is 5. The van der Waals surface area contributed by atoms with Crippen LogP contribution in [0.15, 0.2) is 42.6 Å². The number of methoxy groups -OCH3 is 1. The minimum absolute atomic E-state index is 0. The van der Waals surface area contributed by atoms with Gasteiger partial charge in [-0.2, -0.15) is 0 Å². The third kappa shape index (κ3) is 6.86. The second-order valence-electron chi connectivity index (χ2n) is 6.65. The zero-order chi connectivity index (χ0) is 19.1. The number of halogens is 2. The predicted octanol–water partition coefficient (Wildman–Crippen LogP) is 4.12. The Balaban J connectivity index is 0.00000364. The molecule has 0 aliphatic carbocycles. The van der Waals surface area contributed by atoms with Crippen molar-refractivity contribution in [2.75, 3.05) is 26.0 Å². The van der Waals surface area contributed by atoms with Crippen LogP contribution in [0.1, 0.15) is 30.6 Å². The van der Waals surface area contributed by atoms with Crippen LogP contribution < -0.4 is 15.8 Å². The summed E-state index contributed by atoms with van der Waals surface area (Å²) in [5, 5.41) is 3.20. The molecule has 1 heterocycles. The number of ether oxygens (including phenoxy) is 1. The molecule has 6 nitrogen and oxygen atoms in total. The first-order valence-electron chi connectivity index (χ1n) is 8.80. The molecule has 2 rings (SSSR count). The van der Waals surface area contributed by atoms with Crippen LogP contribution in [0.3, 0.4) is 0 Å². The van der Waals surface area contributed by atoms with Gasteiger partial charge in [0.15, 0.2) is 0 Å². The normalized spacial score (nSPS) is 11.1. The van der Waals surface area contributed by atoms with Crippen LogP contribution in [0.4, 0.5) is 11.5 Å². The van der Waals surface area contributed by atoms with Gasteiger partial charge in [-0.1, -0.05) is 26.0 Å². The molecule has 0 aliphatic rings.